The van der Waals surface area contributed by atoms with Gasteiger partial charge in [-0.05, 0) is 76.9 Å². The molecule has 1 aromatic heterocycles. The molecule has 0 unspecified atom stereocenters. The quantitative estimate of drug-likeness (QED) is 0.178. The fourth-order valence-corrected chi connectivity index (χ4v) is 4.68. The van der Waals surface area contributed by atoms with Gasteiger partial charge in [0.15, 0.2) is 12.4 Å². The third-order valence-corrected chi connectivity index (χ3v) is 6.13. The van der Waals surface area contributed by atoms with Crippen molar-refractivity contribution in [2.45, 2.75) is 6.92 Å². The zero-order valence-electron chi connectivity index (χ0n) is 18.3. The number of carbonyl (C=O) groups is 2. The highest BCUT2D eigenvalue weighted by atomic mass is 79.9. The lowest BCUT2D eigenvalue weighted by atomic mass is 10.2. The number of hydrazone groups is 1. The van der Waals surface area contributed by atoms with Gasteiger partial charge >= 0.3 is 5.91 Å². The number of carbonyl (C=O) groups excluding carboxylic acids is 2. The van der Waals surface area contributed by atoms with E-state index in [0.717, 1.165) is 19.9 Å². The summed E-state index contributed by atoms with van der Waals surface area (Å²) in [4.78, 5) is 24.5. The molecule has 178 valence electrons. The van der Waals surface area contributed by atoms with Crippen LogP contribution in [0.5, 0.6) is 5.75 Å². The van der Waals surface area contributed by atoms with Gasteiger partial charge in [-0.3, -0.25) is 9.59 Å². The van der Waals surface area contributed by atoms with Gasteiger partial charge < -0.3 is 14.5 Å². The minimum atomic E-state index is -0.494. The van der Waals surface area contributed by atoms with E-state index in [1.807, 2.05) is 43.3 Å². The number of hydrogen-bond donors (Lipinski definition) is 2. The molecule has 0 aliphatic heterocycles. The first-order valence-corrected chi connectivity index (χ1v) is 12.3. The molecule has 0 aliphatic carbocycles. The number of fused-ring (bicyclic) bond motifs is 1. The molecule has 35 heavy (non-hydrogen) atoms. The Balaban J connectivity index is 1.32. The highest BCUT2D eigenvalue weighted by Crippen LogP contribution is 2.31. The number of furan rings is 1. The molecule has 0 radical (unpaired) electrons. The summed E-state index contributed by atoms with van der Waals surface area (Å²) in [6.45, 7) is 1.78. The van der Waals surface area contributed by atoms with Gasteiger partial charge in [-0.1, -0.05) is 45.2 Å². The standard InChI is InChI=1S/C25H18Br2ClN3O4/c1-14-2-5-18(6-3-14)30-23(32)13-34-21-7-4-15(8-20(21)28)12-29-31-25(33)22-10-16-9-17(26)11-19(27)24(16)35-22/h2-12H,13H2,1H3,(H,30,32)(H,31,33)/b29-12-. The monoisotopic (exact) mass is 617 g/mol. The van der Waals surface area contributed by atoms with E-state index in [1.54, 1.807) is 24.3 Å². The largest absolute Gasteiger partial charge is 0.482 e. The van der Waals surface area contributed by atoms with E-state index in [0.29, 0.717) is 27.6 Å². The molecule has 7 nitrogen and oxygen atoms in total. The molecule has 0 fully saturated rings. The second-order valence-corrected chi connectivity index (χ2v) is 9.69. The van der Waals surface area contributed by atoms with E-state index < -0.39 is 5.91 Å². The Morgan fingerprint density at radius 2 is 1.86 bits per heavy atom. The number of rotatable bonds is 7. The number of aryl methyl sites for hydroxylation is 1. The number of halogens is 3. The zero-order chi connectivity index (χ0) is 24.9. The third-order valence-electron chi connectivity index (χ3n) is 4.79. The summed E-state index contributed by atoms with van der Waals surface area (Å²) in [5, 5.41) is 7.79. The lowest BCUT2D eigenvalue weighted by molar-refractivity contribution is -0.118. The second-order valence-electron chi connectivity index (χ2n) is 7.51. The van der Waals surface area contributed by atoms with E-state index in [9.17, 15) is 9.59 Å². The van der Waals surface area contributed by atoms with Crippen LogP contribution in [0.1, 0.15) is 21.7 Å². The van der Waals surface area contributed by atoms with Gasteiger partial charge in [0.05, 0.1) is 15.7 Å². The lowest BCUT2D eigenvalue weighted by Gasteiger charge is -2.09. The molecule has 0 saturated carbocycles. The van der Waals surface area contributed by atoms with Gasteiger partial charge in [0.1, 0.15) is 11.3 Å². The van der Waals surface area contributed by atoms with E-state index >= 15 is 0 Å². The molecule has 0 aliphatic rings. The van der Waals surface area contributed by atoms with Crippen LogP contribution in [0.2, 0.25) is 5.02 Å². The number of anilines is 1. The van der Waals surface area contributed by atoms with Gasteiger partial charge in [-0.15, -0.1) is 0 Å². The van der Waals surface area contributed by atoms with Crippen molar-refractivity contribution in [1.82, 2.24) is 5.43 Å². The van der Waals surface area contributed by atoms with Crippen molar-refractivity contribution in [3.8, 4) is 5.75 Å². The number of amides is 2. The van der Waals surface area contributed by atoms with Crippen molar-refractivity contribution >= 4 is 78.1 Å². The number of hydrogen-bond acceptors (Lipinski definition) is 5. The summed E-state index contributed by atoms with van der Waals surface area (Å²) in [5.41, 5.74) is 5.41. The number of benzene rings is 3. The van der Waals surface area contributed by atoms with Gasteiger partial charge in [0.2, 0.25) is 0 Å². The molecule has 0 spiro atoms. The minimum absolute atomic E-state index is 0.127. The van der Waals surface area contributed by atoms with Crippen LogP contribution in [-0.2, 0) is 4.79 Å². The number of nitrogens with one attached hydrogen (secondary N) is 2. The Morgan fingerprint density at radius 1 is 1.09 bits per heavy atom. The smallest absolute Gasteiger partial charge is 0.307 e. The topological polar surface area (TPSA) is 92.9 Å². The molecule has 3 aromatic carbocycles. The fraction of sp³-hybridized carbons (Fsp3) is 0.0800. The van der Waals surface area contributed by atoms with E-state index in [4.69, 9.17) is 20.8 Å². The maximum atomic E-state index is 12.4. The number of ether oxygens (including phenoxy) is 1. The van der Waals surface area contributed by atoms with Gasteiger partial charge in [0.25, 0.3) is 5.91 Å². The molecule has 4 aromatic rings. The molecule has 2 amide bonds. The highest BCUT2D eigenvalue weighted by molar-refractivity contribution is 9.11. The summed E-state index contributed by atoms with van der Waals surface area (Å²) in [6, 6.07) is 17.7. The first-order chi connectivity index (χ1) is 16.8. The average molecular weight is 620 g/mol. The Labute approximate surface area is 222 Å². The molecular formula is C25H18Br2ClN3O4. The molecule has 0 bridgehead atoms. The maximum absolute atomic E-state index is 12.4. The van der Waals surface area contributed by atoms with Crippen LogP contribution < -0.4 is 15.5 Å². The van der Waals surface area contributed by atoms with Crippen molar-refractivity contribution < 1.29 is 18.7 Å². The molecule has 2 N–H and O–H groups in total. The lowest BCUT2D eigenvalue weighted by Crippen LogP contribution is -2.20. The van der Waals surface area contributed by atoms with Crippen LogP contribution in [0.4, 0.5) is 5.69 Å². The van der Waals surface area contributed by atoms with Crippen molar-refractivity contribution in [1.29, 1.82) is 0 Å². The summed E-state index contributed by atoms with van der Waals surface area (Å²) in [6.07, 6.45) is 1.44. The van der Waals surface area contributed by atoms with Crippen molar-refractivity contribution in [2.24, 2.45) is 5.10 Å². The van der Waals surface area contributed by atoms with Crippen LogP contribution in [0.3, 0.4) is 0 Å². The van der Waals surface area contributed by atoms with Gasteiger partial charge in [-0.25, -0.2) is 5.43 Å². The fourth-order valence-electron chi connectivity index (χ4n) is 3.10. The first-order valence-electron chi connectivity index (χ1n) is 10.3. The Hall–Kier alpha value is -3.14. The predicted molar refractivity (Wildman–Crippen MR) is 143 cm³/mol. The van der Waals surface area contributed by atoms with E-state index in [-0.39, 0.29) is 18.3 Å². The summed E-state index contributed by atoms with van der Waals surface area (Å²) in [5.74, 6) is -0.318. The first kappa shape index (κ1) is 25.0. The maximum Gasteiger partial charge on any atom is 0.307 e. The summed E-state index contributed by atoms with van der Waals surface area (Å²) >= 11 is 13.1. The van der Waals surface area contributed by atoms with Gasteiger partial charge in [-0.2, -0.15) is 5.10 Å². The van der Waals surface area contributed by atoms with Crippen LogP contribution in [0.25, 0.3) is 11.0 Å². The Morgan fingerprint density at radius 3 is 2.60 bits per heavy atom. The summed E-state index contributed by atoms with van der Waals surface area (Å²) in [7, 11) is 0. The van der Waals surface area contributed by atoms with Crippen LogP contribution in [0, 0.1) is 6.92 Å². The number of nitrogens with zero attached hydrogens (tertiary/aromatic N) is 1. The van der Waals surface area contributed by atoms with E-state index in [1.165, 1.54) is 6.21 Å². The van der Waals surface area contributed by atoms with Crippen molar-refractivity contribution in [2.75, 3.05) is 11.9 Å². The summed E-state index contributed by atoms with van der Waals surface area (Å²) < 4.78 is 12.7. The van der Waals surface area contributed by atoms with Crippen molar-refractivity contribution in [3.63, 3.8) is 0 Å². The second kappa shape index (κ2) is 11.1. The van der Waals surface area contributed by atoms with Gasteiger partial charge in [0, 0.05) is 15.5 Å². The average Bonchev–Trinajstić information content (AvgIpc) is 3.25. The Bertz CT molecular complexity index is 1430. The van der Waals surface area contributed by atoms with Crippen LogP contribution in [-0.4, -0.2) is 24.6 Å². The van der Waals surface area contributed by atoms with Crippen LogP contribution >= 0.6 is 43.5 Å². The SMILES string of the molecule is Cc1ccc(NC(=O)COc2ccc(/C=N\NC(=O)c3cc4cc(Br)cc(Br)c4o3)cc2Cl)cc1. The van der Waals surface area contributed by atoms with Crippen molar-refractivity contribution in [3.05, 3.63) is 91.5 Å². The molecule has 10 heteroatoms. The minimum Gasteiger partial charge on any atom is -0.482 e. The molecular weight excluding hydrogens is 602 g/mol. The molecule has 4 rings (SSSR count). The molecule has 0 atom stereocenters. The molecule has 1 heterocycles. The Kier molecular flexibility index (Phi) is 7.90. The third kappa shape index (κ3) is 6.50. The molecule has 0 saturated heterocycles. The highest BCUT2D eigenvalue weighted by Gasteiger charge is 2.14. The normalized spacial score (nSPS) is 11.1. The zero-order valence-corrected chi connectivity index (χ0v) is 22.2. The predicted octanol–water partition coefficient (Wildman–Crippen LogP) is 6.70. The van der Waals surface area contributed by atoms with Crippen LogP contribution in [0.15, 0.2) is 79.1 Å². The van der Waals surface area contributed by atoms with E-state index in [2.05, 4.69) is 47.7 Å².